The van der Waals surface area contributed by atoms with Crippen molar-refractivity contribution in [3.8, 4) is 23.3 Å². The minimum atomic E-state index is -0.414. The lowest BCUT2D eigenvalue weighted by Crippen LogP contribution is -2.26. The van der Waals surface area contributed by atoms with Crippen LogP contribution < -0.4 is 0 Å². The van der Waals surface area contributed by atoms with E-state index in [0.29, 0.717) is 0 Å². The van der Waals surface area contributed by atoms with Crippen LogP contribution in [0.5, 0.6) is 0 Å². The normalized spacial score (nSPS) is 20.9. The van der Waals surface area contributed by atoms with Crippen LogP contribution in [-0.2, 0) is 0 Å². The first-order valence-electron chi connectivity index (χ1n) is 6.47. The fraction of sp³-hybridized carbons (Fsp3) is 0.176. The minimum absolute atomic E-state index is 0.414. The second-order valence-corrected chi connectivity index (χ2v) is 4.90. The molecule has 96 valence electrons. The van der Waals surface area contributed by atoms with Crippen LogP contribution in [0.1, 0.15) is 23.2 Å². The molecule has 3 nitrogen and oxygen atoms in total. The highest BCUT2D eigenvalue weighted by atomic mass is 15.2. The van der Waals surface area contributed by atoms with Gasteiger partial charge in [-0.15, -0.1) is 0 Å². The van der Waals surface area contributed by atoms with Crippen molar-refractivity contribution in [1.29, 1.82) is 10.5 Å². The van der Waals surface area contributed by atoms with E-state index in [1.54, 1.807) is 0 Å². The molecule has 0 aliphatic carbocycles. The van der Waals surface area contributed by atoms with Crippen molar-refractivity contribution in [3.05, 3.63) is 59.7 Å². The van der Waals surface area contributed by atoms with Crippen LogP contribution in [0.4, 0.5) is 0 Å². The summed E-state index contributed by atoms with van der Waals surface area (Å²) in [6.45, 7) is 0. The quantitative estimate of drug-likeness (QED) is 0.728. The highest BCUT2D eigenvalue weighted by Crippen LogP contribution is 2.42. The van der Waals surface area contributed by atoms with Crippen molar-refractivity contribution >= 4 is 0 Å². The standard InChI is InChI=1S/C17H13N3/c1-20-16(10-18)14-8-4-2-6-12(14)13-7-3-5-9-15(13)17(20)11-19/h2-9,16-17H,1H3/t16-,17-/m0/s1. The van der Waals surface area contributed by atoms with E-state index in [1.807, 2.05) is 60.5 Å². The second-order valence-electron chi connectivity index (χ2n) is 4.90. The Bertz CT molecular complexity index is 673. The monoisotopic (exact) mass is 259 g/mol. The fourth-order valence-corrected chi connectivity index (χ4v) is 2.87. The second kappa shape index (κ2) is 4.81. The van der Waals surface area contributed by atoms with E-state index >= 15 is 0 Å². The van der Waals surface area contributed by atoms with E-state index in [2.05, 4.69) is 12.1 Å². The van der Waals surface area contributed by atoms with Crippen LogP contribution in [0, 0.1) is 22.7 Å². The number of rotatable bonds is 0. The first-order valence-corrected chi connectivity index (χ1v) is 6.47. The average molecular weight is 259 g/mol. The zero-order chi connectivity index (χ0) is 14.1. The molecule has 2 aromatic carbocycles. The molecule has 2 aromatic rings. The zero-order valence-electron chi connectivity index (χ0n) is 11.1. The van der Waals surface area contributed by atoms with Gasteiger partial charge < -0.3 is 0 Å². The maximum absolute atomic E-state index is 9.52. The number of benzene rings is 2. The maximum Gasteiger partial charge on any atom is 0.125 e. The summed E-state index contributed by atoms with van der Waals surface area (Å²) in [7, 11) is 1.83. The maximum atomic E-state index is 9.52. The van der Waals surface area contributed by atoms with Crippen molar-refractivity contribution in [1.82, 2.24) is 4.90 Å². The summed E-state index contributed by atoms with van der Waals surface area (Å²) in [5, 5.41) is 19.0. The highest BCUT2D eigenvalue weighted by Gasteiger charge is 2.32. The van der Waals surface area contributed by atoms with Crippen molar-refractivity contribution in [2.45, 2.75) is 12.1 Å². The Kier molecular flexibility index (Phi) is 2.99. The molecule has 3 rings (SSSR count). The Morgan fingerprint density at radius 2 is 1.20 bits per heavy atom. The first kappa shape index (κ1) is 12.4. The third kappa shape index (κ3) is 1.69. The molecule has 0 N–H and O–H groups in total. The van der Waals surface area contributed by atoms with Crippen molar-refractivity contribution < 1.29 is 0 Å². The average Bonchev–Trinajstić information content (AvgIpc) is 2.59. The fourth-order valence-electron chi connectivity index (χ4n) is 2.87. The molecule has 1 aliphatic heterocycles. The Morgan fingerprint density at radius 1 is 0.800 bits per heavy atom. The summed E-state index contributed by atoms with van der Waals surface area (Å²) in [5.74, 6) is 0. The van der Waals surface area contributed by atoms with Gasteiger partial charge in [-0.1, -0.05) is 48.5 Å². The molecule has 0 saturated heterocycles. The molecule has 1 heterocycles. The zero-order valence-corrected chi connectivity index (χ0v) is 11.1. The van der Waals surface area contributed by atoms with Gasteiger partial charge in [-0.3, -0.25) is 4.90 Å². The predicted molar refractivity (Wildman–Crippen MR) is 76.3 cm³/mol. The third-order valence-corrected chi connectivity index (χ3v) is 3.86. The van der Waals surface area contributed by atoms with Crippen LogP contribution >= 0.6 is 0 Å². The molecule has 0 radical (unpaired) electrons. The predicted octanol–water partition coefficient (Wildman–Crippen LogP) is 3.43. The summed E-state index contributed by atoms with van der Waals surface area (Å²) in [6.07, 6.45) is 0. The van der Waals surface area contributed by atoms with Gasteiger partial charge in [-0.2, -0.15) is 10.5 Å². The Labute approximate surface area is 118 Å². The minimum Gasteiger partial charge on any atom is -0.268 e. The Hall–Kier alpha value is -2.62. The topological polar surface area (TPSA) is 50.8 Å². The largest absolute Gasteiger partial charge is 0.268 e. The van der Waals surface area contributed by atoms with Crippen molar-refractivity contribution in [2.24, 2.45) is 0 Å². The molecule has 1 aliphatic rings. The number of nitrogens with zero attached hydrogens (tertiary/aromatic N) is 3. The van der Waals surface area contributed by atoms with Gasteiger partial charge in [-0.05, 0) is 29.3 Å². The lowest BCUT2D eigenvalue weighted by molar-refractivity contribution is 0.254. The lowest BCUT2D eigenvalue weighted by Gasteiger charge is -2.25. The Balaban J connectivity index is 2.37. The van der Waals surface area contributed by atoms with Gasteiger partial charge in [0.2, 0.25) is 0 Å². The first-order chi connectivity index (χ1) is 9.77. The van der Waals surface area contributed by atoms with E-state index in [-0.39, 0.29) is 0 Å². The number of fused-ring (bicyclic) bond motifs is 3. The van der Waals surface area contributed by atoms with E-state index < -0.39 is 12.1 Å². The summed E-state index contributed by atoms with van der Waals surface area (Å²) < 4.78 is 0. The molecular weight excluding hydrogens is 246 g/mol. The van der Waals surface area contributed by atoms with Gasteiger partial charge in [0, 0.05) is 0 Å². The molecule has 0 fully saturated rings. The molecular formula is C17H13N3. The molecule has 2 atom stereocenters. The summed E-state index contributed by atoms with van der Waals surface area (Å²) in [4.78, 5) is 1.84. The van der Waals surface area contributed by atoms with Crippen LogP contribution in [0.2, 0.25) is 0 Å². The van der Waals surface area contributed by atoms with Crippen LogP contribution in [0.3, 0.4) is 0 Å². The lowest BCUT2D eigenvalue weighted by atomic mass is 9.93. The summed E-state index contributed by atoms with van der Waals surface area (Å²) in [5.41, 5.74) is 4.00. The third-order valence-electron chi connectivity index (χ3n) is 3.86. The van der Waals surface area contributed by atoms with E-state index in [4.69, 9.17) is 0 Å². The van der Waals surface area contributed by atoms with Gasteiger partial charge in [-0.25, -0.2) is 0 Å². The highest BCUT2D eigenvalue weighted by molar-refractivity contribution is 5.74. The van der Waals surface area contributed by atoms with E-state index in [0.717, 1.165) is 22.3 Å². The molecule has 0 bridgehead atoms. The summed E-state index contributed by atoms with van der Waals surface area (Å²) in [6, 6.07) is 19.6. The van der Waals surface area contributed by atoms with Crippen LogP contribution in [-0.4, -0.2) is 11.9 Å². The molecule has 0 spiro atoms. The Morgan fingerprint density at radius 3 is 1.60 bits per heavy atom. The molecule has 20 heavy (non-hydrogen) atoms. The molecule has 0 saturated carbocycles. The number of hydrogen-bond acceptors (Lipinski definition) is 3. The smallest absolute Gasteiger partial charge is 0.125 e. The summed E-state index contributed by atoms with van der Waals surface area (Å²) >= 11 is 0. The molecule has 0 amide bonds. The molecule has 0 aromatic heterocycles. The molecule has 3 heteroatoms. The van der Waals surface area contributed by atoms with Gasteiger partial charge in [0.25, 0.3) is 0 Å². The van der Waals surface area contributed by atoms with Gasteiger partial charge >= 0.3 is 0 Å². The van der Waals surface area contributed by atoms with E-state index in [9.17, 15) is 10.5 Å². The van der Waals surface area contributed by atoms with Gasteiger partial charge in [0.05, 0.1) is 12.1 Å². The van der Waals surface area contributed by atoms with Crippen molar-refractivity contribution in [3.63, 3.8) is 0 Å². The van der Waals surface area contributed by atoms with Gasteiger partial charge in [0.1, 0.15) is 12.1 Å². The SMILES string of the molecule is CN1[C@@H](C#N)c2ccccc2-c2ccccc2[C@@H]1C#N. The van der Waals surface area contributed by atoms with Crippen LogP contribution in [0.15, 0.2) is 48.5 Å². The van der Waals surface area contributed by atoms with Gasteiger partial charge in [0.15, 0.2) is 0 Å². The van der Waals surface area contributed by atoms with Crippen LogP contribution in [0.25, 0.3) is 11.1 Å². The number of hydrogen-bond donors (Lipinski definition) is 0. The van der Waals surface area contributed by atoms with E-state index in [1.165, 1.54) is 0 Å². The van der Waals surface area contributed by atoms with Crippen molar-refractivity contribution in [2.75, 3.05) is 7.05 Å². The molecule has 0 unspecified atom stereocenters. The number of nitriles is 2.